The Labute approximate surface area is 121 Å². The molecule has 5 nitrogen and oxygen atoms in total. The molecule has 0 radical (unpaired) electrons. The van der Waals surface area contributed by atoms with Gasteiger partial charge < -0.3 is 0 Å². The molecule has 0 spiro atoms. The second-order valence-corrected chi connectivity index (χ2v) is 3.61. The second-order valence-electron chi connectivity index (χ2n) is 3.61. The third kappa shape index (κ3) is 4.28. The number of rotatable bonds is 2. The number of carbonyl (C=O) groups is 2. The number of carbonyl (C=O) groups excluding carboxylic acids is 2. The maximum absolute atomic E-state index is 11.0. The van der Waals surface area contributed by atoms with Crippen LogP contribution in [0.25, 0.3) is 0 Å². The van der Waals surface area contributed by atoms with Crippen molar-refractivity contribution < 1.29 is 26.7 Å². The number of azo groups is 1. The van der Waals surface area contributed by atoms with E-state index in [2.05, 4.69) is 10.2 Å². The summed E-state index contributed by atoms with van der Waals surface area (Å²) in [6.45, 7) is 0.248. The molecule has 0 fully saturated rings. The third-order valence-corrected chi connectivity index (χ3v) is 2.31. The van der Waals surface area contributed by atoms with E-state index in [4.69, 9.17) is 0 Å². The van der Waals surface area contributed by atoms with Gasteiger partial charge >= 0.3 is 29.1 Å². The minimum absolute atomic E-state index is 0. The predicted octanol–water partition coefficient (Wildman–Crippen LogP) is 3.32. The van der Waals surface area contributed by atoms with Crippen molar-refractivity contribution in [2.75, 3.05) is 0 Å². The van der Waals surface area contributed by atoms with Crippen LogP contribution in [-0.2, 0) is 23.6 Å². The fraction of sp³-hybridized carbons (Fsp3) is 0.0769. The van der Waals surface area contributed by atoms with Crippen LogP contribution in [0.3, 0.4) is 0 Å². The van der Waals surface area contributed by atoms with E-state index in [1.54, 1.807) is 0 Å². The van der Waals surface area contributed by atoms with Gasteiger partial charge in [-0.25, -0.2) is 38.8 Å². The largest absolute Gasteiger partial charge is 2.00 e. The number of imide groups is 1. The molecule has 1 heterocycles. The molecule has 0 unspecified atom stereocenters. The molecular weight excluding hydrogens is 286 g/mol. The molecule has 0 atom stereocenters. The van der Waals surface area contributed by atoms with Crippen molar-refractivity contribution >= 4 is 12.1 Å². The van der Waals surface area contributed by atoms with Crippen molar-refractivity contribution in [3.8, 4) is 0 Å². The zero-order valence-electron chi connectivity index (χ0n) is 9.91. The molecule has 0 saturated carbocycles. The Balaban J connectivity index is 0.000000256. The normalized spacial score (nSPS) is 12.9. The second kappa shape index (κ2) is 7.41. The van der Waals surface area contributed by atoms with Gasteiger partial charge in [-0.05, 0) is 0 Å². The average Bonchev–Trinajstić information content (AvgIpc) is 3.08. The molecule has 0 aliphatic carbocycles. The first-order valence-electron chi connectivity index (χ1n) is 5.42. The average molecular weight is 297 g/mol. The van der Waals surface area contributed by atoms with Gasteiger partial charge in [-0.15, -0.1) is 5.56 Å². The molecule has 0 aromatic heterocycles. The van der Waals surface area contributed by atoms with Crippen LogP contribution in [0.1, 0.15) is 5.56 Å². The van der Waals surface area contributed by atoms with Crippen molar-refractivity contribution in [3.63, 3.8) is 0 Å². The Morgan fingerprint density at radius 3 is 1.95 bits per heavy atom. The van der Waals surface area contributed by atoms with Gasteiger partial charge in [0.2, 0.25) is 0 Å². The summed E-state index contributed by atoms with van der Waals surface area (Å²) in [5, 5.41) is 6.28. The van der Waals surface area contributed by atoms with Crippen LogP contribution in [0, 0.1) is 0 Å². The summed E-state index contributed by atoms with van der Waals surface area (Å²) < 4.78 is 0. The number of hydrogen-bond acceptors (Lipinski definition) is 2. The SMILES string of the molecule is O=C1N=NC(=O)N1C[c-]1cccc1.[Fe+2].c1cc[cH-]c1. The van der Waals surface area contributed by atoms with Gasteiger partial charge in [0.05, 0.1) is 0 Å². The Bertz CT molecular complexity index is 497. The number of urea groups is 2. The smallest absolute Gasteiger partial charge is 0.247 e. The maximum atomic E-state index is 11.0. The molecule has 2 aromatic rings. The quantitative estimate of drug-likeness (QED) is 0.630. The number of nitrogens with zero attached hydrogens (tertiary/aromatic N) is 3. The van der Waals surface area contributed by atoms with Crippen LogP contribution in [0.4, 0.5) is 9.59 Å². The summed E-state index contributed by atoms with van der Waals surface area (Å²) >= 11 is 0. The van der Waals surface area contributed by atoms with Crippen LogP contribution in [0.15, 0.2) is 64.8 Å². The summed E-state index contributed by atoms with van der Waals surface area (Å²) in [7, 11) is 0. The van der Waals surface area contributed by atoms with Crippen molar-refractivity contribution in [1.82, 2.24) is 4.90 Å². The topological polar surface area (TPSA) is 62.1 Å². The number of hydrogen-bond donors (Lipinski definition) is 0. The molecular formula is C13H11FeN3O2. The van der Waals surface area contributed by atoms with E-state index in [9.17, 15) is 9.59 Å². The van der Waals surface area contributed by atoms with Crippen molar-refractivity contribution in [2.24, 2.45) is 10.2 Å². The van der Waals surface area contributed by atoms with E-state index >= 15 is 0 Å². The van der Waals surface area contributed by atoms with Gasteiger partial charge in [0.15, 0.2) is 0 Å². The molecule has 2 aromatic carbocycles. The minimum Gasteiger partial charge on any atom is -0.247 e. The van der Waals surface area contributed by atoms with Gasteiger partial charge in [-0.1, -0.05) is 10.2 Å². The van der Waals surface area contributed by atoms with Gasteiger partial charge in [-0.2, -0.15) is 30.3 Å². The third-order valence-electron chi connectivity index (χ3n) is 2.31. The van der Waals surface area contributed by atoms with Crippen LogP contribution < -0.4 is 0 Å². The molecule has 98 valence electrons. The summed E-state index contributed by atoms with van der Waals surface area (Å²) in [6, 6.07) is 16.2. The van der Waals surface area contributed by atoms with Crippen LogP contribution >= 0.6 is 0 Å². The summed E-state index contributed by atoms with van der Waals surface area (Å²) in [5.74, 6) is 0. The monoisotopic (exact) mass is 297 g/mol. The zero-order valence-corrected chi connectivity index (χ0v) is 11.0. The molecule has 0 bridgehead atoms. The van der Waals surface area contributed by atoms with E-state index in [1.165, 1.54) is 0 Å². The molecule has 0 saturated heterocycles. The Kier molecular flexibility index (Phi) is 5.85. The van der Waals surface area contributed by atoms with Crippen LogP contribution in [0.5, 0.6) is 0 Å². The fourth-order valence-electron chi connectivity index (χ4n) is 1.43. The van der Waals surface area contributed by atoms with Crippen molar-refractivity contribution in [3.05, 3.63) is 60.2 Å². The summed E-state index contributed by atoms with van der Waals surface area (Å²) in [5.41, 5.74) is 0.897. The fourth-order valence-corrected chi connectivity index (χ4v) is 1.43. The first-order chi connectivity index (χ1) is 8.77. The van der Waals surface area contributed by atoms with Crippen molar-refractivity contribution in [1.29, 1.82) is 0 Å². The number of amides is 4. The van der Waals surface area contributed by atoms with Crippen LogP contribution in [0.2, 0.25) is 0 Å². The first-order valence-corrected chi connectivity index (χ1v) is 5.42. The molecule has 6 heteroatoms. The predicted molar refractivity (Wildman–Crippen MR) is 65.3 cm³/mol. The first kappa shape index (κ1) is 15.0. The van der Waals surface area contributed by atoms with Gasteiger partial charge in [0.25, 0.3) is 0 Å². The molecule has 3 rings (SSSR count). The van der Waals surface area contributed by atoms with Gasteiger partial charge in [0, 0.05) is 6.54 Å². The van der Waals surface area contributed by atoms with E-state index < -0.39 is 12.1 Å². The van der Waals surface area contributed by atoms with Crippen LogP contribution in [-0.4, -0.2) is 17.0 Å². The molecule has 4 amide bonds. The van der Waals surface area contributed by atoms with Gasteiger partial charge in [-0.3, -0.25) is 0 Å². The Morgan fingerprint density at radius 1 is 1.00 bits per heavy atom. The van der Waals surface area contributed by atoms with Gasteiger partial charge in [0.1, 0.15) is 0 Å². The van der Waals surface area contributed by atoms with E-state index in [0.717, 1.165) is 10.5 Å². The minimum atomic E-state index is -0.591. The summed E-state index contributed by atoms with van der Waals surface area (Å²) in [6.07, 6.45) is 0. The standard InChI is InChI=1S/C8H6N3O2.C5H5.Fe/c12-7-9-10-8(13)11(7)5-6-3-1-2-4-6;1-2-4-5-3-1;/h1-4H,5H2;1-5H;/q2*-1;+2. The molecule has 19 heavy (non-hydrogen) atoms. The molecule has 1 aliphatic rings. The molecule has 0 N–H and O–H groups in total. The molecule has 1 aliphatic heterocycles. The zero-order chi connectivity index (χ0) is 12.8. The maximum Gasteiger partial charge on any atom is 2.00 e. The van der Waals surface area contributed by atoms with E-state index in [1.807, 2.05) is 54.6 Å². The Morgan fingerprint density at radius 2 is 1.53 bits per heavy atom. The van der Waals surface area contributed by atoms with E-state index in [0.29, 0.717) is 0 Å². The van der Waals surface area contributed by atoms with E-state index in [-0.39, 0.29) is 23.6 Å². The summed E-state index contributed by atoms with van der Waals surface area (Å²) in [4.78, 5) is 22.9. The Hall–Kier alpha value is -2.04. The van der Waals surface area contributed by atoms with Crippen molar-refractivity contribution in [2.45, 2.75) is 6.54 Å².